The molecule has 0 bridgehead atoms. The molecule has 0 saturated heterocycles. The number of hydrogen-bond donors (Lipinski definition) is 1. The van der Waals surface area contributed by atoms with Gasteiger partial charge in [0.1, 0.15) is 17.3 Å². The highest BCUT2D eigenvalue weighted by atomic mass is 35.5. The number of nitro groups is 1. The standard InChI is InChI=1S/C12H9ClN6O2/c13-10-5-11(18-12(17-10)15-7-16-18)14-6-8-2-1-3-9(4-8)19(20)21/h1-5,7,14H,6H2. The summed E-state index contributed by atoms with van der Waals surface area (Å²) in [6, 6.07) is 8.00. The van der Waals surface area contributed by atoms with Crippen molar-refractivity contribution in [3.63, 3.8) is 0 Å². The summed E-state index contributed by atoms with van der Waals surface area (Å²) in [6.07, 6.45) is 1.37. The van der Waals surface area contributed by atoms with Crippen LogP contribution in [0.2, 0.25) is 5.15 Å². The van der Waals surface area contributed by atoms with Crippen LogP contribution in [0.4, 0.5) is 11.5 Å². The average molecular weight is 305 g/mol. The number of rotatable bonds is 4. The SMILES string of the molecule is O=[N+]([O-])c1cccc(CNc2cc(Cl)nc3ncnn23)c1. The van der Waals surface area contributed by atoms with Gasteiger partial charge in [0, 0.05) is 24.7 Å². The number of benzene rings is 1. The Morgan fingerprint density at radius 2 is 2.24 bits per heavy atom. The lowest BCUT2D eigenvalue weighted by molar-refractivity contribution is -0.384. The number of nitrogens with one attached hydrogen (secondary N) is 1. The van der Waals surface area contributed by atoms with E-state index in [1.54, 1.807) is 18.2 Å². The maximum absolute atomic E-state index is 10.7. The summed E-state index contributed by atoms with van der Waals surface area (Å²) < 4.78 is 1.50. The lowest BCUT2D eigenvalue weighted by atomic mass is 10.2. The van der Waals surface area contributed by atoms with Gasteiger partial charge in [0.25, 0.3) is 11.5 Å². The van der Waals surface area contributed by atoms with Crippen LogP contribution < -0.4 is 5.32 Å². The van der Waals surface area contributed by atoms with Crippen LogP contribution >= 0.6 is 11.6 Å². The summed E-state index contributed by atoms with van der Waals surface area (Å²) in [4.78, 5) is 18.3. The molecule has 2 heterocycles. The molecule has 1 aromatic carbocycles. The lowest BCUT2D eigenvalue weighted by Gasteiger charge is -2.08. The fraction of sp³-hybridized carbons (Fsp3) is 0.0833. The molecule has 0 amide bonds. The number of aromatic nitrogens is 4. The topological polar surface area (TPSA) is 98.2 Å². The van der Waals surface area contributed by atoms with Crippen molar-refractivity contribution in [1.82, 2.24) is 19.6 Å². The number of anilines is 1. The van der Waals surface area contributed by atoms with Gasteiger partial charge < -0.3 is 5.32 Å². The van der Waals surface area contributed by atoms with Gasteiger partial charge in [-0.2, -0.15) is 19.6 Å². The van der Waals surface area contributed by atoms with Crippen LogP contribution in [0.3, 0.4) is 0 Å². The smallest absolute Gasteiger partial charge is 0.269 e. The summed E-state index contributed by atoms with van der Waals surface area (Å²) in [5.41, 5.74) is 0.818. The predicted molar refractivity (Wildman–Crippen MR) is 76.2 cm³/mol. The Bertz CT molecular complexity index is 818. The van der Waals surface area contributed by atoms with E-state index < -0.39 is 4.92 Å². The van der Waals surface area contributed by atoms with Crippen molar-refractivity contribution in [3.8, 4) is 0 Å². The number of nitrogens with zero attached hydrogens (tertiary/aromatic N) is 5. The van der Waals surface area contributed by atoms with Gasteiger partial charge in [-0.3, -0.25) is 10.1 Å². The van der Waals surface area contributed by atoms with Crippen LogP contribution in [-0.2, 0) is 6.54 Å². The van der Waals surface area contributed by atoms with Gasteiger partial charge >= 0.3 is 0 Å². The van der Waals surface area contributed by atoms with E-state index in [-0.39, 0.29) is 10.8 Å². The molecule has 0 aliphatic carbocycles. The first-order valence-electron chi connectivity index (χ1n) is 5.97. The summed E-state index contributed by atoms with van der Waals surface area (Å²) in [7, 11) is 0. The summed E-state index contributed by atoms with van der Waals surface area (Å²) in [5.74, 6) is 0.984. The Morgan fingerprint density at radius 1 is 1.38 bits per heavy atom. The van der Waals surface area contributed by atoms with E-state index in [1.165, 1.54) is 23.0 Å². The maximum Gasteiger partial charge on any atom is 0.269 e. The van der Waals surface area contributed by atoms with Crippen molar-refractivity contribution in [1.29, 1.82) is 0 Å². The highest BCUT2D eigenvalue weighted by Crippen LogP contribution is 2.17. The van der Waals surface area contributed by atoms with Crippen molar-refractivity contribution in [2.24, 2.45) is 0 Å². The molecule has 0 atom stereocenters. The third-order valence-corrected chi connectivity index (χ3v) is 3.01. The van der Waals surface area contributed by atoms with E-state index in [0.717, 1.165) is 5.56 Å². The molecule has 3 rings (SSSR count). The zero-order chi connectivity index (χ0) is 14.8. The molecular formula is C12H9ClN6O2. The van der Waals surface area contributed by atoms with E-state index >= 15 is 0 Å². The number of fused-ring (bicyclic) bond motifs is 1. The van der Waals surface area contributed by atoms with Crippen LogP contribution in [0, 0.1) is 10.1 Å². The molecule has 0 spiro atoms. The number of nitro benzene ring substituents is 1. The molecule has 0 fully saturated rings. The molecule has 0 aliphatic rings. The Morgan fingerprint density at radius 3 is 3.05 bits per heavy atom. The zero-order valence-corrected chi connectivity index (χ0v) is 11.4. The Balaban J connectivity index is 1.85. The van der Waals surface area contributed by atoms with E-state index in [4.69, 9.17) is 11.6 Å². The van der Waals surface area contributed by atoms with Crippen LogP contribution in [-0.4, -0.2) is 24.5 Å². The Kier molecular flexibility index (Phi) is 3.36. The van der Waals surface area contributed by atoms with Crippen LogP contribution in [0.1, 0.15) is 5.56 Å². The third kappa shape index (κ3) is 2.75. The maximum atomic E-state index is 10.7. The number of non-ortho nitro benzene ring substituents is 1. The monoisotopic (exact) mass is 304 g/mol. The van der Waals surface area contributed by atoms with E-state index in [1.807, 2.05) is 0 Å². The number of halogens is 1. The minimum atomic E-state index is -0.428. The van der Waals surface area contributed by atoms with Crippen molar-refractivity contribution < 1.29 is 4.92 Å². The third-order valence-electron chi connectivity index (χ3n) is 2.82. The fourth-order valence-corrected chi connectivity index (χ4v) is 2.06. The van der Waals surface area contributed by atoms with Crippen molar-refractivity contribution >= 4 is 28.9 Å². The molecule has 8 nitrogen and oxygen atoms in total. The molecule has 3 aromatic rings. The zero-order valence-electron chi connectivity index (χ0n) is 10.6. The van der Waals surface area contributed by atoms with Gasteiger partial charge in [0.15, 0.2) is 0 Å². The van der Waals surface area contributed by atoms with Gasteiger partial charge in [-0.05, 0) is 5.56 Å². The minimum Gasteiger partial charge on any atom is -0.366 e. The van der Waals surface area contributed by atoms with Crippen LogP contribution in [0.15, 0.2) is 36.7 Å². The second kappa shape index (κ2) is 5.33. The molecule has 1 N–H and O–H groups in total. The van der Waals surface area contributed by atoms with Crippen molar-refractivity contribution in [3.05, 3.63) is 57.5 Å². The molecule has 2 aromatic heterocycles. The molecule has 106 valence electrons. The normalized spacial score (nSPS) is 10.7. The molecule has 21 heavy (non-hydrogen) atoms. The highest BCUT2D eigenvalue weighted by Gasteiger charge is 2.08. The highest BCUT2D eigenvalue weighted by molar-refractivity contribution is 6.29. The van der Waals surface area contributed by atoms with Crippen LogP contribution in [0.5, 0.6) is 0 Å². The van der Waals surface area contributed by atoms with Crippen LogP contribution in [0.25, 0.3) is 5.78 Å². The lowest BCUT2D eigenvalue weighted by Crippen LogP contribution is -2.06. The second-order valence-corrected chi connectivity index (χ2v) is 4.60. The van der Waals surface area contributed by atoms with Crippen molar-refractivity contribution in [2.75, 3.05) is 5.32 Å². The Labute approximate surface area is 123 Å². The molecule has 9 heteroatoms. The molecule has 0 unspecified atom stereocenters. The van der Waals surface area contributed by atoms with Gasteiger partial charge in [-0.25, -0.2) is 0 Å². The summed E-state index contributed by atoms with van der Waals surface area (Å²) in [5, 5.41) is 18.2. The van der Waals surface area contributed by atoms with Gasteiger partial charge in [-0.1, -0.05) is 23.7 Å². The fourth-order valence-electron chi connectivity index (χ4n) is 1.88. The quantitative estimate of drug-likeness (QED) is 0.451. The molecular weight excluding hydrogens is 296 g/mol. The number of hydrogen-bond acceptors (Lipinski definition) is 6. The molecule has 0 saturated carbocycles. The second-order valence-electron chi connectivity index (χ2n) is 4.22. The molecule has 0 radical (unpaired) electrons. The summed E-state index contributed by atoms with van der Waals surface area (Å²) in [6.45, 7) is 0.386. The first-order chi connectivity index (χ1) is 10.1. The first-order valence-corrected chi connectivity index (χ1v) is 6.35. The molecule has 0 aliphatic heterocycles. The van der Waals surface area contributed by atoms with Crippen molar-refractivity contribution in [2.45, 2.75) is 6.54 Å². The summed E-state index contributed by atoms with van der Waals surface area (Å²) >= 11 is 5.91. The minimum absolute atomic E-state index is 0.0490. The predicted octanol–water partition coefficient (Wildman–Crippen LogP) is 2.30. The van der Waals surface area contributed by atoms with Gasteiger partial charge in [-0.15, -0.1) is 0 Å². The largest absolute Gasteiger partial charge is 0.366 e. The first kappa shape index (κ1) is 13.3. The average Bonchev–Trinajstić information content (AvgIpc) is 2.93. The van der Waals surface area contributed by atoms with E-state index in [9.17, 15) is 10.1 Å². The van der Waals surface area contributed by atoms with E-state index in [2.05, 4.69) is 20.4 Å². The van der Waals surface area contributed by atoms with Gasteiger partial charge in [0.2, 0.25) is 0 Å². The Hall–Kier alpha value is -2.74. The van der Waals surface area contributed by atoms with Gasteiger partial charge in [0.05, 0.1) is 4.92 Å². The van der Waals surface area contributed by atoms with E-state index in [0.29, 0.717) is 18.1 Å².